The van der Waals surface area contributed by atoms with E-state index in [1.54, 1.807) is 42.5 Å². The second-order valence-corrected chi connectivity index (χ2v) is 9.30. The van der Waals surface area contributed by atoms with Crippen molar-refractivity contribution >= 4 is 21.6 Å². The summed E-state index contributed by atoms with van der Waals surface area (Å²) in [4.78, 5) is 13.0. The molecule has 1 saturated heterocycles. The molecular weight excluding hydrogens is 392 g/mol. The van der Waals surface area contributed by atoms with Crippen molar-refractivity contribution in [3.8, 4) is 11.5 Å². The van der Waals surface area contributed by atoms with E-state index in [0.717, 1.165) is 5.56 Å². The second kappa shape index (κ2) is 8.04. The van der Waals surface area contributed by atoms with E-state index < -0.39 is 15.9 Å². The lowest BCUT2D eigenvalue weighted by Gasteiger charge is -2.31. The van der Waals surface area contributed by atoms with E-state index in [1.165, 1.54) is 4.31 Å². The number of hydrogen-bond acceptors (Lipinski definition) is 5. The lowest BCUT2D eigenvalue weighted by Crippen LogP contribution is -2.43. The van der Waals surface area contributed by atoms with Crippen LogP contribution in [0.1, 0.15) is 18.4 Å². The molecule has 1 N–H and O–H groups in total. The molecule has 7 nitrogen and oxygen atoms in total. The van der Waals surface area contributed by atoms with E-state index in [0.29, 0.717) is 49.8 Å². The fraction of sp³-hybridized carbons (Fsp3) is 0.381. The average Bonchev–Trinajstić information content (AvgIpc) is 2.74. The Labute approximate surface area is 170 Å². The summed E-state index contributed by atoms with van der Waals surface area (Å²) in [7, 11) is -3.61. The molecule has 0 radical (unpaired) electrons. The van der Waals surface area contributed by atoms with Gasteiger partial charge < -0.3 is 14.8 Å². The summed E-state index contributed by atoms with van der Waals surface area (Å²) in [6, 6.07) is 12.0. The number of benzene rings is 2. The van der Waals surface area contributed by atoms with Crippen LogP contribution in [0.3, 0.4) is 0 Å². The molecule has 8 heteroatoms. The van der Waals surface area contributed by atoms with E-state index in [4.69, 9.17) is 9.47 Å². The first-order chi connectivity index (χ1) is 13.9. The highest BCUT2D eigenvalue weighted by atomic mass is 32.2. The first-order valence-corrected chi connectivity index (χ1v) is 11.1. The molecule has 29 heavy (non-hydrogen) atoms. The Morgan fingerprint density at radius 2 is 1.79 bits per heavy atom. The topological polar surface area (TPSA) is 84.9 Å². The molecule has 0 aliphatic carbocycles. The van der Waals surface area contributed by atoms with Gasteiger partial charge in [-0.1, -0.05) is 17.7 Å². The molecule has 2 heterocycles. The van der Waals surface area contributed by atoms with E-state index in [1.807, 2.05) is 6.92 Å². The van der Waals surface area contributed by atoms with Crippen molar-refractivity contribution in [2.24, 2.45) is 5.92 Å². The van der Waals surface area contributed by atoms with Gasteiger partial charge in [-0.3, -0.25) is 4.79 Å². The number of nitrogens with one attached hydrogen (secondary N) is 1. The quantitative estimate of drug-likeness (QED) is 0.829. The molecule has 0 spiro atoms. The lowest BCUT2D eigenvalue weighted by molar-refractivity contribution is -0.120. The second-order valence-electron chi connectivity index (χ2n) is 7.36. The van der Waals surface area contributed by atoms with Gasteiger partial charge in [-0.05, 0) is 44.0 Å². The van der Waals surface area contributed by atoms with Gasteiger partial charge in [0, 0.05) is 24.8 Å². The Hall–Kier alpha value is -2.58. The van der Waals surface area contributed by atoms with Crippen LogP contribution in [0.4, 0.5) is 5.69 Å². The molecule has 1 fully saturated rings. The third-order valence-electron chi connectivity index (χ3n) is 5.22. The van der Waals surface area contributed by atoms with Gasteiger partial charge in [0.2, 0.25) is 15.9 Å². The maximum absolute atomic E-state index is 12.9. The highest BCUT2D eigenvalue weighted by Gasteiger charge is 2.33. The number of aryl methyl sites for hydroxylation is 1. The predicted molar refractivity (Wildman–Crippen MR) is 109 cm³/mol. The molecule has 2 aliphatic heterocycles. The van der Waals surface area contributed by atoms with E-state index in [2.05, 4.69) is 5.32 Å². The van der Waals surface area contributed by atoms with Gasteiger partial charge in [-0.2, -0.15) is 4.31 Å². The van der Waals surface area contributed by atoms with Crippen molar-refractivity contribution < 1.29 is 22.7 Å². The molecule has 0 unspecified atom stereocenters. The van der Waals surface area contributed by atoms with Gasteiger partial charge in [0.1, 0.15) is 13.2 Å². The van der Waals surface area contributed by atoms with Crippen LogP contribution in [0.15, 0.2) is 47.4 Å². The molecule has 2 aliphatic rings. The number of ether oxygens (including phenoxy) is 2. The largest absolute Gasteiger partial charge is 0.486 e. The highest BCUT2D eigenvalue weighted by molar-refractivity contribution is 7.89. The Kier molecular flexibility index (Phi) is 5.47. The molecule has 0 bridgehead atoms. The summed E-state index contributed by atoms with van der Waals surface area (Å²) in [6.45, 7) is 3.48. The standard InChI is InChI=1S/C21H24N2O5S/c1-15-4-7-18(8-5-15)29(25,26)23-10-2-3-16(14-23)21(24)22-17-6-9-19-20(13-17)28-12-11-27-19/h4-9,13,16H,2-3,10-12,14H2,1H3,(H,22,24)/t16-/m0/s1. The summed E-state index contributed by atoms with van der Waals surface area (Å²) in [5, 5.41) is 2.89. The fourth-order valence-electron chi connectivity index (χ4n) is 3.60. The minimum Gasteiger partial charge on any atom is -0.486 e. The van der Waals surface area contributed by atoms with Gasteiger partial charge >= 0.3 is 0 Å². The third kappa shape index (κ3) is 4.23. The minimum absolute atomic E-state index is 0.173. The number of rotatable bonds is 4. The zero-order valence-corrected chi connectivity index (χ0v) is 17.1. The van der Waals surface area contributed by atoms with Crippen LogP contribution in [0, 0.1) is 12.8 Å². The lowest BCUT2D eigenvalue weighted by atomic mass is 9.98. The number of carbonyl (C=O) groups excluding carboxylic acids is 1. The normalized spacial score (nSPS) is 19.6. The number of piperidine rings is 1. The third-order valence-corrected chi connectivity index (χ3v) is 7.10. The Morgan fingerprint density at radius 1 is 1.07 bits per heavy atom. The van der Waals surface area contributed by atoms with Gasteiger partial charge in [0.25, 0.3) is 0 Å². The van der Waals surface area contributed by atoms with Crippen LogP contribution in [0.25, 0.3) is 0 Å². The molecule has 0 aromatic heterocycles. The molecular formula is C21H24N2O5S. The maximum Gasteiger partial charge on any atom is 0.243 e. The molecule has 1 atom stereocenters. The molecule has 0 saturated carbocycles. The fourth-order valence-corrected chi connectivity index (χ4v) is 5.12. The van der Waals surface area contributed by atoms with Crippen molar-refractivity contribution in [2.75, 3.05) is 31.6 Å². The summed E-state index contributed by atoms with van der Waals surface area (Å²) in [5.74, 6) is 0.659. The summed E-state index contributed by atoms with van der Waals surface area (Å²) in [5.41, 5.74) is 1.61. The van der Waals surface area contributed by atoms with Gasteiger partial charge in [-0.25, -0.2) is 8.42 Å². The van der Waals surface area contributed by atoms with Crippen molar-refractivity contribution in [1.29, 1.82) is 0 Å². The zero-order chi connectivity index (χ0) is 20.4. The number of hydrogen-bond donors (Lipinski definition) is 1. The molecule has 2 aromatic carbocycles. The molecule has 2 aromatic rings. The Morgan fingerprint density at radius 3 is 2.55 bits per heavy atom. The molecule has 1 amide bonds. The highest BCUT2D eigenvalue weighted by Crippen LogP contribution is 2.33. The van der Waals surface area contributed by atoms with Gasteiger partial charge in [0.15, 0.2) is 11.5 Å². The number of anilines is 1. The Balaban J connectivity index is 1.45. The van der Waals surface area contributed by atoms with Crippen LogP contribution < -0.4 is 14.8 Å². The van der Waals surface area contributed by atoms with Crippen LogP contribution in [0.2, 0.25) is 0 Å². The van der Waals surface area contributed by atoms with Crippen molar-refractivity contribution in [3.63, 3.8) is 0 Å². The van der Waals surface area contributed by atoms with Crippen LogP contribution in [-0.4, -0.2) is 44.9 Å². The van der Waals surface area contributed by atoms with E-state index in [9.17, 15) is 13.2 Å². The summed E-state index contributed by atoms with van der Waals surface area (Å²) < 4.78 is 38.3. The first kappa shape index (κ1) is 19.7. The minimum atomic E-state index is -3.61. The average molecular weight is 416 g/mol. The van der Waals surface area contributed by atoms with E-state index in [-0.39, 0.29) is 17.3 Å². The number of carbonyl (C=O) groups is 1. The van der Waals surface area contributed by atoms with Gasteiger partial charge in [0.05, 0.1) is 10.8 Å². The SMILES string of the molecule is Cc1ccc(S(=O)(=O)N2CCC[C@H](C(=O)Nc3ccc4c(c3)OCCO4)C2)cc1. The van der Waals surface area contributed by atoms with Crippen LogP contribution in [-0.2, 0) is 14.8 Å². The summed E-state index contributed by atoms with van der Waals surface area (Å²) in [6.07, 6.45) is 1.29. The molecule has 154 valence electrons. The van der Waals surface area contributed by atoms with Crippen molar-refractivity contribution in [3.05, 3.63) is 48.0 Å². The predicted octanol–water partition coefficient (Wildman–Crippen LogP) is 2.81. The molecule has 4 rings (SSSR count). The number of fused-ring (bicyclic) bond motifs is 1. The van der Waals surface area contributed by atoms with E-state index >= 15 is 0 Å². The van der Waals surface area contributed by atoms with Gasteiger partial charge in [-0.15, -0.1) is 0 Å². The van der Waals surface area contributed by atoms with Crippen LogP contribution in [0.5, 0.6) is 11.5 Å². The number of amides is 1. The van der Waals surface area contributed by atoms with Crippen LogP contribution >= 0.6 is 0 Å². The number of sulfonamides is 1. The Bertz CT molecular complexity index is 1000. The van der Waals surface area contributed by atoms with Crippen molar-refractivity contribution in [2.45, 2.75) is 24.7 Å². The monoisotopic (exact) mass is 416 g/mol. The maximum atomic E-state index is 12.9. The summed E-state index contributed by atoms with van der Waals surface area (Å²) >= 11 is 0. The number of nitrogens with zero attached hydrogens (tertiary/aromatic N) is 1. The smallest absolute Gasteiger partial charge is 0.243 e. The first-order valence-electron chi connectivity index (χ1n) is 9.71. The van der Waals surface area contributed by atoms with Crippen molar-refractivity contribution in [1.82, 2.24) is 4.31 Å². The zero-order valence-electron chi connectivity index (χ0n) is 16.3.